The number of benzene rings is 2. The molecule has 2 N–H and O–H groups in total. The first kappa shape index (κ1) is 20.6. The molecule has 2 amide bonds. The number of aryl methyl sites for hydroxylation is 3. The zero-order valence-corrected chi connectivity index (χ0v) is 16.8. The van der Waals surface area contributed by atoms with E-state index in [-0.39, 0.29) is 30.9 Å². The number of hydrogen-bond donors (Lipinski definition) is 2. The number of hydrogen-bond acceptors (Lipinski definition) is 3. The second-order valence-electron chi connectivity index (χ2n) is 7.22. The molecule has 5 heteroatoms. The van der Waals surface area contributed by atoms with Crippen LogP contribution in [0.1, 0.15) is 35.2 Å². The summed E-state index contributed by atoms with van der Waals surface area (Å²) in [5.41, 5.74) is 5.41. The summed E-state index contributed by atoms with van der Waals surface area (Å²) in [5, 5.41) is 5.83. The molecule has 5 nitrogen and oxygen atoms in total. The van der Waals surface area contributed by atoms with Crippen LogP contribution in [0.25, 0.3) is 0 Å². The number of nitrogens with zero attached hydrogens (tertiary/aromatic N) is 1. The van der Waals surface area contributed by atoms with Crippen LogP contribution >= 0.6 is 0 Å². The van der Waals surface area contributed by atoms with E-state index in [1.165, 1.54) is 11.1 Å². The number of anilines is 1. The molecule has 0 saturated heterocycles. The molecule has 2 aromatic rings. The number of carbonyl (C=O) groups is 2. The Balaban J connectivity index is 1.81. The molecular weight excluding hydrogens is 338 g/mol. The molecule has 1 atom stereocenters. The average Bonchev–Trinajstić information content (AvgIpc) is 2.58. The van der Waals surface area contributed by atoms with Crippen molar-refractivity contribution in [1.82, 2.24) is 10.2 Å². The van der Waals surface area contributed by atoms with E-state index >= 15 is 0 Å². The Morgan fingerprint density at radius 1 is 0.926 bits per heavy atom. The first-order valence-electron chi connectivity index (χ1n) is 9.16. The molecule has 0 aliphatic rings. The number of nitrogens with one attached hydrogen (secondary N) is 2. The van der Waals surface area contributed by atoms with Gasteiger partial charge in [-0.05, 0) is 63.6 Å². The first-order chi connectivity index (χ1) is 12.7. The van der Waals surface area contributed by atoms with Crippen molar-refractivity contribution in [1.29, 1.82) is 0 Å². The Hall–Kier alpha value is -2.66. The van der Waals surface area contributed by atoms with Crippen molar-refractivity contribution in [2.75, 3.05) is 25.5 Å². The maximum atomic E-state index is 12.3. The van der Waals surface area contributed by atoms with Gasteiger partial charge in [-0.2, -0.15) is 0 Å². The van der Waals surface area contributed by atoms with E-state index in [2.05, 4.69) is 36.6 Å². The third kappa shape index (κ3) is 6.53. The zero-order valence-electron chi connectivity index (χ0n) is 16.8. The van der Waals surface area contributed by atoms with E-state index in [1.54, 1.807) is 11.9 Å². The van der Waals surface area contributed by atoms with Gasteiger partial charge >= 0.3 is 0 Å². The smallest absolute Gasteiger partial charge is 0.238 e. The number of carbonyl (C=O) groups excluding carboxylic acids is 2. The van der Waals surface area contributed by atoms with Crippen LogP contribution in [0, 0.1) is 20.8 Å². The van der Waals surface area contributed by atoms with E-state index in [0.29, 0.717) is 0 Å². The molecular formula is C22H29N3O2. The highest BCUT2D eigenvalue weighted by Gasteiger charge is 2.14. The second-order valence-corrected chi connectivity index (χ2v) is 7.22. The molecule has 0 saturated carbocycles. The van der Waals surface area contributed by atoms with Crippen LogP contribution in [0.2, 0.25) is 0 Å². The van der Waals surface area contributed by atoms with Crippen molar-refractivity contribution >= 4 is 17.5 Å². The van der Waals surface area contributed by atoms with Gasteiger partial charge in [-0.1, -0.05) is 35.9 Å². The summed E-state index contributed by atoms with van der Waals surface area (Å²) in [4.78, 5) is 26.1. The van der Waals surface area contributed by atoms with Gasteiger partial charge in [0.2, 0.25) is 11.8 Å². The van der Waals surface area contributed by atoms with Gasteiger partial charge < -0.3 is 10.6 Å². The van der Waals surface area contributed by atoms with Gasteiger partial charge in [0.1, 0.15) is 0 Å². The topological polar surface area (TPSA) is 61.4 Å². The fourth-order valence-corrected chi connectivity index (χ4v) is 2.79. The summed E-state index contributed by atoms with van der Waals surface area (Å²) in [5.74, 6) is -0.247. The fourth-order valence-electron chi connectivity index (χ4n) is 2.79. The zero-order chi connectivity index (χ0) is 20.0. The third-order valence-electron chi connectivity index (χ3n) is 4.57. The normalized spacial score (nSPS) is 11.9. The standard InChI is InChI=1S/C22H29N3O2/c1-15-6-10-20(11-7-15)24-22(27)14-25(5)13-21(26)23-18(4)19-9-8-16(2)17(3)12-19/h6-12,18H,13-14H2,1-5H3,(H,23,26)(H,24,27). The average molecular weight is 367 g/mol. The van der Waals surface area contributed by atoms with Crippen molar-refractivity contribution in [2.24, 2.45) is 0 Å². The van der Waals surface area contributed by atoms with Crippen LogP contribution in [0.15, 0.2) is 42.5 Å². The Kier molecular flexibility index (Phi) is 7.13. The van der Waals surface area contributed by atoms with Crippen LogP contribution in [0.4, 0.5) is 5.69 Å². The first-order valence-corrected chi connectivity index (χ1v) is 9.16. The maximum Gasteiger partial charge on any atom is 0.238 e. The molecule has 0 spiro atoms. The summed E-state index contributed by atoms with van der Waals surface area (Å²) in [6, 6.07) is 13.7. The summed E-state index contributed by atoms with van der Waals surface area (Å²) < 4.78 is 0. The van der Waals surface area contributed by atoms with Crippen LogP contribution in [-0.4, -0.2) is 36.9 Å². The Bertz CT molecular complexity index is 800. The molecule has 1 unspecified atom stereocenters. The lowest BCUT2D eigenvalue weighted by atomic mass is 10.0. The minimum atomic E-state index is -0.142. The van der Waals surface area contributed by atoms with Crippen molar-refractivity contribution in [2.45, 2.75) is 33.7 Å². The lowest BCUT2D eigenvalue weighted by Crippen LogP contribution is -2.39. The molecule has 2 aromatic carbocycles. The maximum absolute atomic E-state index is 12.3. The number of likely N-dealkylation sites (N-methyl/N-ethyl adjacent to an activating group) is 1. The van der Waals surface area contributed by atoms with Gasteiger partial charge in [0.15, 0.2) is 0 Å². The predicted octanol–water partition coefficient (Wildman–Crippen LogP) is 3.36. The molecule has 0 aromatic heterocycles. The largest absolute Gasteiger partial charge is 0.348 e. The third-order valence-corrected chi connectivity index (χ3v) is 4.57. The molecule has 27 heavy (non-hydrogen) atoms. The molecule has 144 valence electrons. The fraction of sp³-hybridized carbons (Fsp3) is 0.364. The van der Waals surface area contributed by atoms with Gasteiger partial charge in [-0.25, -0.2) is 0 Å². The van der Waals surface area contributed by atoms with Crippen LogP contribution in [0.3, 0.4) is 0 Å². The SMILES string of the molecule is Cc1ccc(NC(=O)CN(C)CC(=O)NC(C)c2ccc(C)c(C)c2)cc1. The summed E-state index contributed by atoms with van der Waals surface area (Å²) >= 11 is 0. The highest BCUT2D eigenvalue weighted by atomic mass is 16.2. The van der Waals surface area contributed by atoms with Crippen LogP contribution < -0.4 is 10.6 Å². The summed E-state index contributed by atoms with van der Waals surface area (Å²) in [6.07, 6.45) is 0. The minimum Gasteiger partial charge on any atom is -0.348 e. The van der Waals surface area contributed by atoms with Crippen LogP contribution in [-0.2, 0) is 9.59 Å². The van der Waals surface area contributed by atoms with Crippen molar-refractivity contribution in [3.8, 4) is 0 Å². The quantitative estimate of drug-likeness (QED) is 0.789. The molecule has 0 bridgehead atoms. The predicted molar refractivity (Wildman–Crippen MR) is 110 cm³/mol. The van der Waals surface area contributed by atoms with Crippen molar-refractivity contribution < 1.29 is 9.59 Å². The van der Waals surface area contributed by atoms with Gasteiger partial charge in [-0.15, -0.1) is 0 Å². The summed E-state index contributed by atoms with van der Waals surface area (Å²) in [7, 11) is 1.76. The molecule has 0 radical (unpaired) electrons. The van der Waals surface area contributed by atoms with Crippen molar-refractivity contribution in [3.05, 3.63) is 64.7 Å². The van der Waals surface area contributed by atoms with E-state index in [1.807, 2.05) is 44.2 Å². The lowest BCUT2D eigenvalue weighted by molar-refractivity contribution is -0.123. The Morgan fingerprint density at radius 2 is 1.56 bits per heavy atom. The minimum absolute atomic E-state index is 0.0772. The highest BCUT2D eigenvalue weighted by Crippen LogP contribution is 2.16. The molecule has 0 fully saturated rings. The van der Waals surface area contributed by atoms with Gasteiger partial charge in [0.25, 0.3) is 0 Å². The summed E-state index contributed by atoms with van der Waals surface area (Å²) in [6.45, 7) is 8.41. The molecule has 0 aliphatic heterocycles. The van der Waals surface area contributed by atoms with Crippen LogP contribution in [0.5, 0.6) is 0 Å². The highest BCUT2D eigenvalue weighted by molar-refractivity contribution is 5.92. The van der Waals surface area contributed by atoms with Gasteiger partial charge in [0.05, 0.1) is 19.1 Å². The monoisotopic (exact) mass is 367 g/mol. The Morgan fingerprint density at radius 3 is 2.19 bits per heavy atom. The second kappa shape index (κ2) is 9.33. The van der Waals surface area contributed by atoms with E-state index < -0.39 is 0 Å². The number of rotatable bonds is 7. The van der Waals surface area contributed by atoms with E-state index in [0.717, 1.165) is 16.8 Å². The van der Waals surface area contributed by atoms with E-state index in [4.69, 9.17) is 0 Å². The molecule has 0 heterocycles. The number of amides is 2. The molecule has 2 rings (SSSR count). The molecule has 0 aliphatic carbocycles. The van der Waals surface area contributed by atoms with Gasteiger partial charge in [-0.3, -0.25) is 14.5 Å². The van der Waals surface area contributed by atoms with Crippen molar-refractivity contribution in [3.63, 3.8) is 0 Å². The van der Waals surface area contributed by atoms with E-state index in [9.17, 15) is 9.59 Å². The van der Waals surface area contributed by atoms with Gasteiger partial charge in [0, 0.05) is 5.69 Å². The Labute approximate surface area is 161 Å². The lowest BCUT2D eigenvalue weighted by Gasteiger charge is -2.19.